The number of hydrogen-bond donors (Lipinski definition) is 1. The van der Waals surface area contributed by atoms with Gasteiger partial charge in [0.1, 0.15) is 11.6 Å². The van der Waals surface area contributed by atoms with Gasteiger partial charge in [-0.2, -0.15) is 0 Å². The second kappa shape index (κ2) is 6.06. The Morgan fingerprint density at radius 2 is 2.00 bits per heavy atom. The average molecular weight is 324 g/mol. The molecule has 0 spiro atoms. The van der Waals surface area contributed by atoms with Gasteiger partial charge in [0.15, 0.2) is 0 Å². The molecule has 2 rings (SSSR count). The molecule has 0 amide bonds. The zero-order chi connectivity index (χ0) is 13.8. The molecule has 100 valence electrons. The number of nitrogens with one attached hydrogen (secondary N) is 1. The summed E-state index contributed by atoms with van der Waals surface area (Å²) in [4.78, 5) is 0. The van der Waals surface area contributed by atoms with Crippen molar-refractivity contribution in [2.24, 2.45) is 0 Å². The molecule has 0 saturated carbocycles. The van der Waals surface area contributed by atoms with Crippen molar-refractivity contribution in [2.45, 2.75) is 13.5 Å². The number of halogens is 2. The molecule has 0 aliphatic carbocycles. The Balaban J connectivity index is 2.10. The fourth-order valence-electron chi connectivity index (χ4n) is 1.80. The summed E-state index contributed by atoms with van der Waals surface area (Å²) in [5.74, 6) is 0.575. The van der Waals surface area contributed by atoms with Crippen LogP contribution in [-0.4, -0.2) is 7.11 Å². The lowest BCUT2D eigenvalue weighted by atomic mass is 10.1. The number of ether oxygens (including phenoxy) is 1. The first kappa shape index (κ1) is 13.9. The highest BCUT2D eigenvalue weighted by molar-refractivity contribution is 9.10. The van der Waals surface area contributed by atoms with Crippen molar-refractivity contribution < 1.29 is 9.13 Å². The maximum Gasteiger partial charge on any atom is 0.133 e. The molecular weight excluding hydrogens is 309 g/mol. The lowest BCUT2D eigenvalue weighted by Crippen LogP contribution is -2.02. The summed E-state index contributed by atoms with van der Waals surface area (Å²) in [5, 5.41) is 3.27. The molecule has 19 heavy (non-hydrogen) atoms. The normalized spacial score (nSPS) is 10.3. The Morgan fingerprint density at radius 1 is 1.21 bits per heavy atom. The van der Waals surface area contributed by atoms with Crippen LogP contribution in [0.3, 0.4) is 0 Å². The number of benzene rings is 2. The summed E-state index contributed by atoms with van der Waals surface area (Å²) >= 11 is 3.43. The van der Waals surface area contributed by atoms with E-state index in [-0.39, 0.29) is 5.82 Å². The first-order chi connectivity index (χ1) is 9.10. The van der Waals surface area contributed by atoms with Crippen LogP contribution < -0.4 is 10.1 Å². The first-order valence-electron chi connectivity index (χ1n) is 5.92. The molecule has 2 aromatic carbocycles. The van der Waals surface area contributed by atoms with Crippen LogP contribution in [0.25, 0.3) is 0 Å². The summed E-state index contributed by atoms with van der Waals surface area (Å²) in [6.45, 7) is 2.56. The molecule has 0 saturated heterocycles. The van der Waals surface area contributed by atoms with Crippen molar-refractivity contribution in [1.82, 2.24) is 0 Å². The van der Waals surface area contributed by atoms with Gasteiger partial charge in [0.05, 0.1) is 11.6 Å². The van der Waals surface area contributed by atoms with E-state index in [1.165, 1.54) is 6.07 Å². The van der Waals surface area contributed by atoms with Crippen LogP contribution in [0.2, 0.25) is 0 Å². The molecule has 2 nitrogen and oxygen atoms in total. The predicted molar refractivity (Wildman–Crippen MR) is 79.2 cm³/mol. The van der Waals surface area contributed by atoms with Crippen LogP contribution in [0.5, 0.6) is 5.75 Å². The molecule has 0 aliphatic rings. The SMILES string of the molecule is COc1ccc(NCc2cc(F)ccc2C)cc1Br. The first-order valence-corrected chi connectivity index (χ1v) is 6.72. The number of anilines is 1. The molecule has 0 heterocycles. The van der Waals surface area contributed by atoms with E-state index in [1.807, 2.05) is 25.1 Å². The van der Waals surface area contributed by atoms with Crippen molar-refractivity contribution in [2.75, 3.05) is 12.4 Å². The third kappa shape index (κ3) is 3.47. The zero-order valence-corrected chi connectivity index (χ0v) is 12.4. The van der Waals surface area contributed by atoms with E-state index < -0.39 is 0 Å². The highest BCUT2D eigenvalue weighted by Gasteiger charge is 2.03. The minimum absolute atomic E-state index is 0.210. The van der Waals surface area contributed by atoms with Gasteiger partial charge in [-0.1, -0.05) is 6.07 Å². The number of rotatable bonds is 4. The average Bonchev–Trinajstić information content (AvgIpc) is 2.40. The number of methoxy groups -OCH3 is 1. The zero-order valence-electron chi connectivity index (χ0n) is 10.8. The fraction of sp³-hybridized carbons (Fsp3) is 0.200. The summed E-state index contributed by atoms with van der Waals surface area (Å²) < 4.78 is 19.2. The van der Waals surface area contributed by atoms with Crippen LogP contribution in [-0.2, 0) is 6.54 Å². The molecule has 2 aromatic rings. The fourth-order valence-corrected chi connectivity index (χ4v) is 2.34. The van der Waals surface area contributed by atoms with E-state index >= 15 is 0 Å². The molecule has 0 unspecified atom stereocenters. The van der Waals surface area contributed by atoms with E-state index in [9.17, 15) is 4.39 Å². The molecule has 4 heteroatoms. The maximum atomic E-state index is 13.2. The van der Waals surface area contributed by atoms with E-state index in [4.69, 9.17) is 4.74 Å². The minimum Gasteiger partial charge on any atom is -0.496 e. The quantitative estimate of drug-likeness (QED) is 0.893. The number of hydrogen-bond acceptors (Lipinski definition) is 2. The van der Waals surface area contributed by atoms with Crippen molar-refractivity contribution in [1.29, 1.82) is 0 Å². The van der Waals surface area contributed by atoms with Crippen LogP contribution in [0, 0.1) is 12.7 Å². The smallest absolute Gasteiger partial charge is 0.133 e. The Hall–Kier alpha value is -1.55. The maximum absolute atomic E-state index is 13.2. The second-order valence-electron chi connectivity index (χ2n) is 4.27. The molecule has 0 aromatic heterocycles. The lowest BCUT2D eigenvalue weighted by Gasteiger charge is -2.11. The Morgan fingerprint density at radius 3 is 2.68 bits per heavy atom. The largest absolute Gasteiger partial charge is 0.496 e. The Labute approximate surface area is 120 Å². The molecule has 0 aliphatic heterocycles. The lowest BCUT2D eigenvalue weighted by molar-refractivity contribution is 0.412. The van der Waals surface area contributed by atoms with Gasteiger partial charge in [-0.25, -0.2) is 4.39 Å². The van der Waals surface area contributed by atoms with Gasteiger partial charge in [0.2, 0.25) is 0 Å². The molecule has 0 bridgehead atoms. The van der Waals surface area contributed by atoms with Gasteiger partial charge < -0.3 is 10.1 Å². The summed E-state index contributed by atoms with van der Waals surface area (Å²) in [6, 6.07) is 10.6. The van der Waals surface area contributed by atoms with Crippen LogP contribution in [0.4, 0.5) is 10.1 Å². The molecular formula is C15H15BrFNO. The summed E-state index contributed by atoms with van der Waals surface area (Å²) in [5.41, 5.74) is 2.98. The van der Waals surface area contributed by atoms with Gasteiger partial charge in [-0.05, 0) is 64.3 Å². The Bertz CT molecular complexity index is 586. The van der Waals surface area contributed by atoms with Crippen LogP contribution in [0.1, 0.15) is 11.1 Å². The van der Waals surface area contributed by atoms with Crippen LogP contribution in [0.15, 0.2) is 40.9 Å². The van der Waals surface area contributed by atoms with Crippen molar-refractivity contribution in [3.05, 3.63) is 57.8 Å². The highest BCUT2D eigenvalue weighted by Crippen LogP contribution is 2.28. The van der Waals surface area contributed by atoms with E-state index in [2.05, 4.69) is 21.2 Å². The van der Waals surface area contributed by atoms with E-state index in [1.54, 1.807) is 19.2 Å². The highest BCUT2D eigenvalue weighted by atomic mass is 79.9. The molecule has 0 atom stereocenters. The van der Waals surface area contributed by atoms with Crippen LogP contribution >= 0.6 is 15.9 Å². The topological polar surface area (TPSA) is 21.3 Å². The predicted octanol–water partition coefficient (Wildman–Crippen LogP) is 4.52. The number of aryl methyl sites for hydroxylation is 1. The van der Waals surface area contributed by atoms with Gasteiger partial charge in [-0.15, -0.1) is 0 Å². The third-order valence-electron chi connectivity index (χ3n) is 2.95. The second-order valence-corrected chi connectivity index (χ2v) is 5.13. The van der Waals surface area contributed by atoms with E-state index in [0.717, 1.165) is 27.0 Å². The monoisotopic (exact) mass is 323 g/mol. The molecule has 1 N–H and O–H groups in total. The van der Waals surface area contributed by atoms with Gasteiger partial charge in [0.25, 0.3) is 0 Å². The van der Waals surface area contributed by atoms with E-state index in [0.29, 0.717) is 6.54 Å². The third-order valence-corrected chi connectivity index (χ3v) is 3.57. The Kier molecular flexibility index (Phi) is 4.43. The minimum atomic E-state index is -0.210. The van der Waals surface area contributed by atoms with Crippen molar-refractivity contribution in [3.63, 3.8) is 0 Å². The van der Waals surface area contributed by atoms with Crippen molar-refractivity contribution in [3.8, 4) is 5.75 Å². The van der Waals surface area contributed by atoms with Gasteiger partial charge >= 0.3 is 0 Å². The molecule has 0 fully saturated rings. The summed E-state index contributed by atoms with van der Waals surface area (Å²) in [7, 11) is 1.63. The van der Waals surface area contributed by atoms with Gasteiger partial charge in [0, 0.05) is 12.2 Å². The molecule has 0 radical (unpaired) electrons. The van der Waals surface area contributed by atoms with Crippen molar-refractivity contribution >= 4 is 21.6 Å². The standard InChI is InChI=1S/C15H15BrFNO/c1-10-3-4-12(17)7-11(10)9-18-13-5-6-15(19-2)14(16)8-13/h3-8,18H,9H2,1-2H3. The summed E-state index contributed by atoms with van der Waals surface area (Å²) in [6.07, 6.45) is 0. The van der Waals surface area contributed by atoms with Gasteiger partial charge in [-0.3, -0.25) is 0 Å².